The van der Waals surface area contributed by atoms with Gasteiger partial charge in [0, 0.05) is 0 Å². The zero-order valence-corrected chi connectivity index (χ0v) is 19.5. The van der Waals surface area contributed by atoms with Gasteiger partial charge in [-0.05, 0) is 0 Å². The molecule has 0 bridgehead atoms. The number of carbonyl (C=O) groups excluding carboxylic acids is 2. The fourth-order valence-corrected chi connectivity index (χ4v) is 7.21. The van der Waals surface area contributed by atoms with E-state index >= 15 is 0 Å². The SMILES string of the molecule is C[CH2][Sn]([CH2]C)([O]NC(=O)c1ccc([N+](=O)[O-])cc1)[O]NC(=O)c1ccc([N+](=O)[O-])cc1. The van der Waals surface area contributed by atoms with E-state index in [0.717, 1.165) is 0 Å². The monoisotopic (exact) mass is 540 g/mol. The van der Waals surface area contributed by atoms with Gasteiger partial charge in [0.2, 0.25) is 0 Å². The summed E-state index contributed by atoms with van der Waals surface area (Å²) in [5, 5.41) is 21.4. The van der Waals surface area contributed by atoms with Crippen molar-refractivity contribution in [3.63, 3.8) is 0 Å². The van der Waals surface area contributed by atoms with Crippen molar-refractivity contribution in [2.24, 2.45) is 0 Å². The average Bonchev–Trinajstić information content (AvgIpc) is 2.79. The molecule has 0 heterocycles. The molecular formula is C18H20N4O8Sn. The van der Waals surface area contributed by atoms with Crippen LogP contribution in [0.25, 0.3) is 0 Å². The Bertz CT molecular complexity index is 886. The second-order valence-electron chi connectivity index (χ2n) is 6.29. The van der Waals surface area contributed by atoms with Gasteiger partial charge in [-0.25, -0.2) is 0 Å². The summed E-state index contributed by atoms with van der Waals surface area (Å²) >= 11 is -3.93. The van der Waals surface area contributed by atoms with Gasteiger partial charge in [0.05, 0.1) is 0 Å². The van der Waals surface area contributed by atoms with Crippen LogP contribution in [0.4, 0.5) is 11.4 Å². The van der Waals surface area contributed by atoms with E-state index in [9.17, 15) is 29.8 Å². The third-order valence-electron chi connectivity index (χ3n) is 4.42. The fraction of sp³-hybridized carbons (Fsp3) is 0.222. The quantitative estimate of drug-likeness (QED) is 0.265. The van der Waals surface area contributed by atoms with Crippen LogP contribution < -0.4 is 11.0 Å². The molecule has 0 aliphatic rings. The number of non-ortho nitro benzene ring substituents is 2. The van der Waals surface area contributed by atoms with Crippen LogP contribution in [0.2, 0.25) is 8.87 Å². The van der Waals surface area contributed by atoms with Crippen molar-refractivity contribution in [3.05, 3.63) is 79.9 Å². The Balaban J connectivity index is 1.99. The predicted octanol–water partition coefficient (Wildman–Crippen LogP) is 3.01. The maximum absolute atomic E-state index is 12.3. The van der Waals surface area contributed by atoms with E-state index in [4.69, 9.17) is 6.35 Å². The second-order valence-corrected chi connectivity index (χ2v) is 16.7. The van der Waals surface area contributed by atoms with E-state index in [2.05, 4.69) is 11.0 Å². The minimum atomic E-state index is -3.93. The van der Waals surface area contributed by atoms with Gasteiger partial charge in [-0.1, -0.05) is 0 Å². The normalized spacial score (nSPS) is 10.9. The molecule has 31 heavy (non-hydrogen) atoms. The Kier molecular flexibility index (Phi) is 8.41. The third-order valence-corrected chi connectivity index (χ3v) is 13.3. The first kappa shape index (κ1) is 24.2. The van der Waals surface area contributed by atoms with Crippen molar-refractivity contribution >= 4 is 42.4 Å². The molecule has 0 atom stereocenters. The number of hydroxylamine groups is 2. The summed E-state index contributed by atoms with van der Waals surface area (Å²) in [5.74, 6) is -1.22. The number of amides is 2. The summed E-state index contributed by atoms with van der Waals surface area (Å²) in [7, 11) is 0. The predicted molar refractivity (Wildman–Crippen MR) is 110 cm³/mol. The number of benzene rings is 2. The van der Waals surface area contributed by atoms with Crippen molar-refractivity contribution in [2.75, 3.05) is 0 Å². The molecule has 2 amide bonds. The van der Waals surface area contributed by atoms with E-state index in [0.29, 0.717) is 8.87 Å². The topological polar surface area (TPSA) is 163 Å². The van der Waals surface area contributed by atoms with Crippen molar-refractivity contribution < 1.29 is 25.8 Å². The molecule has 2 rings (SSSR count). The van der Waals surface area contributed by atoms with Crippen LogP contribution >= 0.6 is 0 Å². The molecule has 13 heteroatoms. The first-order valence-electron chi connectivity index (χ1n) is 9.17. The summed E-state index contributed by atoms with van der Waals surface area (Å²) < 4.78 is 12.1. The molecule has 0 unspecified atom stereocenters. The van der Waals surface area contributed by atoms with Gasteiger partial charge in [0.1, 0.15) is 0 Å². The van der Waals surface area contributed by atoms with Crippen molar-refractivity contribution in [1.29, 1.82) is 0 Å². The molecule has 0 fully saturated rings. The minimum absolute atomic E-state index is 0.148. The molecule has 0 aliphatic carbocycles. The molecule has 0 radical (unpaired) electrons. The molecule has 12 nitrogen and oxygen atoms in total. The Morgan fingerprint density at radius 2 is 1.10 bits per heavy atom. The Morgan fingerprint density at radius 1 is 0.774 bits per heavy atom. The fourth-order valence-electron chi connectivity index (χ4n) is 2.43. The van der Waals surface area contributed by atoms with E-state index in [1.165, 1.54) is 48.5 Å². The Hall–Kier alpha value is -3.10. The molecule has 0 aromatic heterocycles. The van der Waals surface area contributed by atoms with Gasteiger partial charge in [-0.15, -0.1) is 0 Å². The Labute approximate surface area is 181 Å². The first-order chi connectivity index (χ1) is 14.7. The number of carbonyl (C=O) groups is 2. The number of hydrogen-bond acceptors (Lipinski definition) is 8. The average molecular weight is 539 g/mol. The van der Waals surface area contributed by atoms with Gasteiger partial charge in [0.15, 0.2) is 0 Å². The van der Waals surface area contributed by atoms with Crippen molar-refractivity contribution in [3.8, 4) is 0 Å². The van der Waals surface area contributed by atoms with Crippen LogP contribution in [-0.2, 0) is 6.35 Å². The van der Waals surface area contributed by atoms with Crippen LogP contribution in [-0.4, -0.2) is 40.9 Å². The third kappa shape index (κ3) is 6.44. The Morgan fingerprint density at radius 3 is 1.35 bits per heavy atom. The second kappa shape index (κ2) is 10.8. The molecule has 0 saturated carbocycles. The molecule has 0 saturated heterocycles. The molecule has 164 valence electrons. The van der Waals surface area contributed by atoms with Crippen LogP contribution in [0.3, 0.4) is 0 Å². The van der Waals surface area contributed by atoms with Crippen LogP contribution in [0, 0.1) is 20.2 Å². The molecule has 2 N–H and O–H groups in total. The van der Waals surface area contributed by atoms with Gasteiger partial charge < -0.3 is 0 Å². The zero-order chi connectivity index (χ0) is 23.0. The molecular weight excluding hydrogens is 519 g/mol. The number of nitrogens with one attached hydrogen (secondary N) is 2. The molecule has 0 aliphatic heterocycles. The summed E-state index contributed by atoms with van der Waals surface area (Å²) in [6.45, 7) is 3.60. The number of nitrogens with zero attached hydrogens (tertiary/aromatic N) is 2. The van der Waals surface area contributed by atoms with Gasteiger partial charge in [-0.3, -0.25) is 0 Å². The number of nitro groups is 2. The van der Waals surface area contributed by atoms with E-state index in [1.54, 1.807) is 13.8 Å². The number of nitro benzene ring substituents is 2. The molecule has 2 aromatic rings. The maximum atomic E-state index is 12.3. The van der Waals surface area contributed by atoms with Gasteiger partial charge in [-0.2, -0.15) is 0 Å². The number of rotatable bonds is 10. The van der Waals surface area contributed by atoms with Crippen LogP contribution in [0.15, 0.2) is 48.5 Å². The van der Waals surface area contributed by atoms with E-state index in [-0.39, 0.29) is 22.5 Å². The zero-order valence-electron chi connectivity index (χ0n) is 16.7. The van der Waals surface area contributed by atoms with Crippen molar-refractivity contribution in [1.82, 2.24) is 11.0 Å². The molecule has 0 spiro atoms. The van der Waals surface area contributed by atoms with Crippen LogP contribution in [0.5, 0.6) is 0 Å². The summed E-state index contributed by atoms with van der Waals surface area (Å²) in [5.41, 5.74) is 4.64. The van der Waals surface area contributed by atoms with E-state index in [1.807, 2.05) is 0 Å². The standard InChI is InChI=1S/2C7H5N2O4.2C2H5.Sn/c2*10-7(8-11)5-1-3-6(4-2-5)9(12)13;2*1-2;/h2*1-4H,(H-,8,10,11);2*1H2,2H3;/q2*-1;;;+2. The molecule has 2 aromatic carbocycles. The van der Waals surface area contributed by atoms with Gasteiger partial charge >= 0.3 is 182 Å². The summed E-state index contributed by atoms with van der Waals surface area (Å²) in [4.78, 5) is 44.8. The van der Waals surface area contributed by atoms with Crippen LogP contribution in [0.1, 0.15) is 34.6 Å². The summed E-state index contributed by atoms with van der Waals surface area (Å²) in [6.07, 6.45) is 0. The van der Waals surface area contributed by atoms with E-state index < -0.39 is 40.9 Å². The van der Waals surface area contributed by atoms with Gasteiger partial charge in [0.25, 0.3) is 0 Å². The summed E-state index contributed by atoms with van der Waals surface area (Å²) in [6, 6.07) is 9.98. The first-order valence-corrected chi connectivity index (χ1v) is 15.5. The number of hydrogen-bond donors (Lipinski definition) is 2. The van der Waals surface area contributed by atoms with Crippen molar-refractivity contribution in [2.45, 2.75) is 22.7 Å².